The second kappa shape index (κ2) is 8.05. The molecule has 1 N–H and O–H groups in total. The molecular formula is C23H26N4O3. The van der Waals surface area contributed by atoms with Gasteiger partial charge >= 0.3 is 0 Å². The van der Waals surface area contributed by atoms with Gasteiger partial charge in [-0.2, -0.15) is 4.98 Å². The first-order valence-electron chi connectivity index (χ1n) is 10.9. The molecule has 2 fully saturated rings. The maximum atomic E-state index is 12.7. The molecule has 2 heterocycles. The lowest BCUT2D eigenvalue weighted by atomic mass is 9.96. The lowest BCUT2D eigenvalue weighted by Crippen LogP contribution is -2.44. The van der Waals surface area contributed by atoms with Gasteiger partial charge in [0.15, 0.2) is 17.5 Å². The number of hydrogen-bond acceptors (Lipinski definition) is 6. The number of benzene rings is 1. The Hall–Kier alpha value is -2.96. The van der Waals surface area contributed by atoms with Gasteiger partial charge in [-0.25, -0.2) is 4.98 Å². The Kier molecular flexibility index (Phi) is 5.11. The van der Waals surface area contributed by atoms with Crippen LogP contribution in [0.15, 0.2) is 45.5 Å². The lowest BCUT2D eigenvalue weighted by Gasteiger charge is -2.26. The Morgan fingerprint density at radius 1 is 1.17 bits per heavy atom. The van der Waals surface area contributed by atoms with Gasteiger partial charge in [-0.05, 0) is 32.1 Å². The van der Waals surface area contributed by atoms with Crippen LogP contribution in [0.25, 0.3) is 11.3 Å². The molecule has 2 saturated carbocycles. The predicted molar refractivity (Wildman–Crippen MR) is 109 cm³/mol. The number of carbonyl (C=O) groups is 1. The minimum atomic E-state index is -0.475. The van der Waals surface area contributed by atoms with Crippen molar-refractivity contribution in [1.29, 1.82) is 0 Å². The van der Waals surface area contributed by atoms with E-state index in [0.29, 0.717) is 36.9 Å². The molecule has 0 bridgehead atoms. The monoisotopic (exact) mass is 406 g/mol. The fraction of sp³-hybridized carbons (Fsp3) is 0.478. The highest BCUT2D eigenvalue weighted by Crippen LogP contribution is 2.42. The van der Waals surface area contributed by atoms with E-state index >= 15 is 0 Å². The minimum Gasteiger partial charge on any atom is -0.441 e. The van der Waals surface area contributed by atoms with Crippen molar-refractivity contribution in [3.05, 3.63) is 54.1 Å². The number of rotatable bonds is 8. The van der Waals surface area contributed by atoms with Crippen molar-refractivity contribution in [2.75, 3.05) is 0 Å². The molecule has 2 aliphatic carbocycles. The quantitative estimate of drug-likeness (QED) is 0.591. The first kappa shape index (κ1) is 19.0. The summed E-state index contributed by atoms with van der Waals surface area (Å²) < 4.78 is 11.3. The van der Waals surface area contributed by atoms with E-state index in [0.717, 1.165) is 55.7 Å². The summed E-state index contributed by atoms with van der Waals surface area (Å²) in [5, 5.41) is 7.44. The molecule has 3 aromatic rings. The molecule has 0 atom stereocenters. The highest BCUT2D eigenvalue weighted by molar-refractivity contribution is 5.77. The maximum absolute atomic E-state index is 12.7. The third kappa shape index (κ3) is 4.01. The van der Waals surface area contributed by atoms with Crippen LogP contribution in [0.1, 0.15) is 74.9 Å². The van der Waals surface area contributed by atoms with Gasteiger partial charge in [0.25, 0.3) is 0 Å². The first-order chi connectivity index (χ1) is 14.7. The fourth-order valence-electron chi connectivity index (χ4n) is 4.20. The zero-order chi connectivity index (χ0) is 20.4. The molecule has 7 heteroatoms. The summed E-state index contributed by atoms with van der Waals surface area (Å²) in [6.45, 7) is 0. The van der Waals surface area contributed by atoms with Gasteiger partial charge in [0.2, 0.25) is 11.8 Å². The Morgan fingerprint density at radius 3 is 2.73 bits per heavy atom. The molecule has 0 spiro atoms. The highest BCUT2D eigenvalue weighted by Gasteiger charge is 2.42. The van der Waals surface area contributed by atoms with E-state index in [1.165, 1.54) is 0 Å². The van der Waals surface area contributed by atoms with Crippen molar-refractivity contribution in [2.24, 2.45) is 0 Å². The van der Waals surface area contributed by atoms with E-state index in [4.69, 9.17) is 8.94 Å². The maximum Gasteiger partial charge on any atom is 0.229 e. The minimum absolute atomic E-state index is 0.0181. The Labute approximate surface area is 175 Å². The van der Waals surface area contributed by atoms with E-state index in [1.807, 2.05) is 30.3 Å². The van der Waals surface area contributed by atoms with Gasteiger partial charge in [0, 0.05) is 24.3 Å². The molecule has 2 aliphatic rings. The second-order valence-corrected chi connectivity index (χ2v) is 8.41. The summed E-state index contributed by atoms with van der Waals surface area (Å²) in [4.78, 5) is 21.7. The van der Waals surface area contributed by atoms with Crippen LogP contribution in [0.5, 0.6) is 0 Å². The summed E-state index contributed by atoms with van der Waals surface area (Å²) >= 11 is 0. The molecule has 2 aromatic heterocycles. The molecular weight excluding hydrogens is 380 g/mol. The van der Waals surface area contributed by atoms with Crippen molar-refractivity contribution >= 4 is 5.91 Å². The number of nitrogens with zero attached hydrogens (tertiary/aromatic N) is 3. The predicted octanol–water partition coefficient (Wildman–Crippen LogP) is 4.51. The lowest BCUT2D eigenvalue weighted by molar-refractivity contribution is -0.123. The zero-order valence-electron chi connectivity index (χ0n) is 17.0. The van der Waals surface area contributed by atoms with Crippen LogP contribution in [0, 0.1) is 0 Å². The molecule has 0 saturated heterocycles. The van der Waals surface area contributed by atoms with Gasteiger partial charge in [0.1, 0.15) is 5.54 Å². The van der Waals surface area contributed by atoms with Crippen molar-refractivity contribution in [3.8, 4) is 11.3 Å². The van der Waals surface area contributed by atoms with Crippen LogP contribution >= 0.6 is 0 Å². The third-order valence-corrected chi connectivity index (χ3v) is 6.04. The van der Waals surface area contributed by atoms with Gasteiger partial charge in [-0.3, -0.25) is 4.79 Å². The number of aryl methyl sites for hydroxylation is 1. The molecule has 30 heavy (non-hydrogen) atoms. The average Bonchev–Trinajstić information content (AvgIpc) is 3.15. The summed E-state index contributed by atoms with van der Waals surface area (Å²) in [6, 6.07) is 9.89. The van der Waals surface area contributed by atoms with Crippen LogP contribution < -0.4 is 5.32 Å². The molecule has 0 radical (unpaired) electrons. The second-order valence-electron chi connectivity index (χ2n) is 8.41. The van der Waals surface area contributed by atoms with E-state index in [-0.39, 0.29) is 5.91 Å². The molecule has 0 unspecified atom stereocenters. The summed E-state index contributed by atoms with van der Waals surface area (Å²) in [5.74, 6) is 3.22. The zero-order valence-corrected chi connectivity index (χ0v) is 17.0. The number of hydrogen-bond donors (Lipinski definition) is 1. The molecule has 7 nitrogen and oxygen atoms in total. The summed E-state index contributed by atoms with van der Waals surface area (Å²) in [5.41, 5.74) is 0.528. The van der Waals surface area contributed by atoms with Crippen molar-refractivity contribution in [3.63, 3.8) is 0 Å². The fourth-order valence-corrected chi connectivity index (χ4v) is 4.20. The van der Waals surface area contributed by atoms with Crippen molar-refractivity contribution in [1.82, 2.24) is 20.4 Å². The first-order valence-corrected chi connectivity index (χ1v) is 10.9. The Balaban J connectivity index is 1.17. The van der Waals surface area contributed by atoms with E-state index < -0.39 is 5.54 Å². The number of aromatic nitrogens is 3. The Bertz CT molecular complexity index is 1000. The molecule has 0 aliphatic heterocycles. The highest BCUT2D eigenvalue weighted by atomic mass is 16.5. The summed E-state index contributed by atoms with van der Waals surface area (Å²) in [6.07, 6.45) is 9.55. The van der Waals surface area contributed by atoms with E-state index in [9.17, 15) is 4.79 Å². The average molecular weight is 406 g/mol. The van der Waals surface area contributed by atoms with Crippen LogP contribution in [0.4, 0.5) is 0 Å². The van der Waals surface area contributed by atoms with Crippen molar-refractivity contribution in [2.45, 2.75) is 69.2 Å². The standard InChI is InChI=1S/C23H26N4O3/c28-19(9-6-10-20-24-15-18(29-20)16-7-2-1-3-8-16)26-23(13-4-5-14-23)22-25-21(30-27-22)17-11-12-17/h1-3,7-8,15,17H,4-6,9-14H2,(H,26,28). The largest absolute Gasteiger partial charge is 0.441 e. The topological polar surface area (TPSA) is 94.1 Å². The van der Waals surface area contributed by atoms with Gasteiger partial charge in [0.05, 0.1) is 6.20 Å². The third-order valence-electron chi connectivity index (χ3n) is 6.04. The number of nitrogens with one attached hydrogen (secondary N) is 1. The van der Waals surface area contributed by atoms with Crippen LogP contribution in [0.2, 0.25) is 0 Å². The van der Waals surface area contributed by atoms with Gasteiger partial charge < -0.3 is 14.3 Å². The van der Waals surface area contributed by atoms with Gasteiger partial charge in [-0.1, -0.05) is 48.3 Å². The van der Waals surface area contributed by atoms with Crippen LogP contribution in [0.3, 0.4) is 0 Å². The van der Waals surface area contributed by atoms with Crippen molar-refractivity contribution < 1.29 is 13.7 Å². The number of oxazole rings is 1. The molecule has 156 valence electrons. The van der Waals surface area contributed by atoms with Gasteiger partial charge in [-0.15, -0.1) is 0 Å². The van der Waals surface area contributed by atoms with Crippen LogP contribution in [-0.4, -0.2) is 21.0 Å². The normalized spacial score (nSPS) is 17.9. The smallest absolute Gasteiger partial charge is 0.229 e. The Morgan fingerprint density at radius 2 is 1.97 bits per heavy atom. The molecule has 5 rings (SSSR count). The molecule has 1 amide bonds. The van der Waals surface area contributed by atoms with Crippen LogP contribution in [-0.2, 0) is 16.8 Å². The van der Waals surface area contributed by atoms with E-state index in [1.54, 1.807) is 6.20 Å². The SMILES string of the molecule is O=C(CCCc1ncc(-c2ccccc2)o1)NC1(c2noc(C3CC3)n2)CCCC1. The summed E-state index contributed by atoms with van der Waals surface area (Å²) in [7, 11) is 0. The number of amides is 1. The van der Waals surface area contributed by atoms with E-state index in [2.05, 4.69) is 20.4 Å². The number of carbonyl (C=O) groups excluding carboxylic acids is 1. The molecule has 1 aromatic carbocycles.